The maximum atomic E-state index is 2.48. The number of anilines is 3. The van der Waals surface area contributed by atoms with E-state index in [1.807, 2.05) is 11.3 Å². The van der Waals surface area contributed by atoms with Gasteiger partial charge in [-0.1, -0.05) is 159 Å². The minimum absolute atomic E-state index is 0.124. The highest BCUT2D eigenvalue weighted by molar-refractivity contribution is 7.25. The smallest absolute Gasteiger partial charge is 0.0540 e. The summed E-state index contributed by atoms with van der Waals surface area (Å²) < 4.78 is 2.60. The third-order valence-electron chi connectivity index (χ3n) is 11.1. The molecular formula is C51H37NS. The van der Waals surface area contributed by atoms with Crippen LogP contribution in [0.2, 0.25) is 0 Å². The van der Waals surface area contributed by atoms with E-state index in [1.165, 1.54) is 75.8 Å². The van der Waals surface area contributed by atoms with Crippen LogP contribution in [0.25, 0.3) is 64.7 Å². The van der Waals surface area contributed by atoms with E-state index in [2.05, 4.69) is 207 Å². The van der Waals surface area contributed by atoms with E-state index in [4.69, 9.17) is 0 Å². The molecule has 53 heavy (non-hydrogen) atoms. The van der Waals surface area contributed by atoms with Crippen LogP contribution in [0.4, 0.5) is 17.1 Å². The Morgan fingerprint density at radius 1 is 0.396 bits per heavy atom. The highest BCUT2D eigenvalue weighted by atomic mass is 32.1. The molecule has 0 fully saturated rings. The van der Waals surface area contributed by atoms with Gasteiger partial charge in [-0.15, -0.1) is 11.3 Å². The molecule has 0 aliphatic heterocycles. The first-order valence-electron chi connectivity index (χ1n) is 18.3. The van der Waals surface area contributed by atoms with Crippen molar-refractivity contribution in [3.05, 3.63) is 199 Å². The third kappa shape index (κ3) is 5.21. The molecule has 0 unspecified atom stereocenters. The van der Waals surface area contributed by atoms with Crippen LogP contribution in [0.3, 0.4) is 0 Å². The lowest BCUT2D eigenvalue weighted by Gasteiger charge is -2.29. The van der Waals surface area contributed by atoms with Crippen LogP contribution in [0.1, 0.15) is 25.0 Å². The Hall–Kier alpha value is -6.22. The van der Waals surface area contributed by atoms with E-state index in [1.54, 1.807) is 0 Å². The minimum Gasteiger partial charge on any atom is -0.310 e. The summed E-state index contributed by atoms with van der Waals surface area (Å²) in [6, 6.07) is 69.1. The second-order valence-electron chi connectivity index (χ2n) is 14.5. The molecule has 252 valence electrons. The van der Waals surface area contributed by atoms with Gasteiger partial charge >= 0.3 is 0 Å². The van der Waals surface area contributed by atoms with Gasteiger partial charge in [0, 0.05) is 42.5 Å². The molecule has 1 nitrogen and oxygen atoms in total. The number of hydrogen-bond acceptors (Lipinski definition) is 2. The van der Waals surface area contributed by atoms with Crippen LogP contribution >= 0.6 is 11.3 Å². The van der Waals surface area contributed by atoms with E-state index in [0.29, 0.717) is 0 Å². The normalized spacial score (nSPS) is 12.9. The van der Waals surface area contributed by atoms with E-state index < -0.39 is 0 Å². The molecule has 1 aliphatic rings. The molecule has 10 rings (SSSR count). The quantitative estimate of drug-likeness (QED) is 0.167. The zero-order valence-corrected chi connectivity index (χ0v) is 30.6. The van der Waals surface area contributed by atoms with E-state index in [-0.39, 0.29) is 5.41 Å². The van der Waals surface area contributed by atoms with Crippen molar-refractivity contribution in [2.75, 3.05) is 4.90 Å². The van der Waals surface area contributed by atoms with Crippen molar-refractivity contribution in [1.29, 1.82) is 0 Å². The molecule has 1 aromatic heterocycles. The summed E-state index contributed by atoms with van der Waals surface area (Å²) in [5, 5.41) is 2.61. The predicted molar refractivity (Wildman–Crippen MR) is 228 cm³/mol. The van der Waals surface area contributed by atoms with Gasteiger partial charge < -0.3 is 4.90 Å². The lowest BCUT2D eigenvalue weighted by Crippen LogP contribution is -2.15. The number of rotatable bonds is 6. The van der Waals surface area contributed by atoms with Crippen molar-refractivity contribution in [3.8, 4) is 44.5 Å². The Kier molecular flexibility index (Phi) is 7.42. The average Bonchev–Trinajstić information content (AvgIpc) is 3.70. The van der Waals surface area contributed by atoms with Crippen LogP contribution in [0.5, 0.6) is 0 Å². The molecule has 2 heteroatoms. The Balaban J connectivity index is 1.24. The van der Waals surface area contributed by atoms with Crippen molar-refractivity contribution in [3.63, 3.8) is 0 Å². The van der Waals surface area contributed by atoms with Crippen LogP contribution < -0.4 is 4.90 Å². The first-order valence-corrected chi connectivity index (χ1v) is 19.2. The van der Waals surface area contributed by atoms with E-state index in [0.717, 1.165) is 17.1 Å². The zero-order valence-electron chi connectivity index (χ0n) is 29.8. The molecule has 0 amide bonds. The van der Waals surface area contributed by atoms with Crippen molar-refractivity contribution in [2.24, 2.45) is 0 Å². The van der Waals surface area contributed by atoms with Crippen molar-refractivity contribution >= 4 is 48.6 Å². The summed E-state index contributed by atoms with van der Waals surface area (Å²) in [6.45, 7) is 4.74. The Bertz CT molecular complexity index is 2800. The summed E-state index contributed by atoms with van der Waals surface area (Å²) in [7, 11) is 0. The molecule has 0 saturated carbocycles. The number of hydrogen-bond donors (Lipinski definition) is 0. The first kappa shape index (κ1) is 31.5. The van der Waals surface area contributed by atoms with Crippen LogP contribution in [0, 0.1) is 0 Å². The third-order valence-corrected chi connectivity index (χ3v) is 12.2. The van der Waals surface area contributed by atoms with Gasteiger partial charge in [-0.2, -0.15) is 0 Å². The van der Waals surface area contributed by atoms with Crippen molar-refractivity contribution < 1.29 is 0 Å². The predicted octanol–water partition coefficient (Wildman–Crippen LogP) is 14.8. The number of benzene rings is 8. The largest absolute Gasteiger partial charge is 0.310 e. The fraction of sp³-hybridized carbons (Fsp3) is 0.0588. The lowest BCUT2D eigenvalue weighted by atomic mass is 9.82. The van der Waals surface area contributed by atoms with Gasteiger partial charge in [0.1, 0.15) is 0 Å². The molecule has 0 N–H and O–H groups in total. The summed E-state index contributed by atoms with van der Waals surface area (Å²) in [6.07, 6.45) is 0. The number of nitrogens with zero attached hydrogens (tertiary/aromatic N) is 1. The summed E-state index contributed by atoms with van der Waals surface area (Å²) in [4.78, 5) is 2.48. The second-order valence-corrected chi connectivity index (χ2v) is 15.6. The maximum absolute atomic E-state index is 2.48. The molecule has 0 saturated heterocycles. The molecule has 1 aliphatic carbocycles. The van der Waals surface area contributed by atoms with Gasteiger partial charge in [0.2, 0.25) is 0 Å². The second kappa shape index (κ2) is 12.5. The highest BCUT2D eigenvalue weighted by Gasteiger charge is 2.37. The first-order chi connectivity index (χ1) is 26.0. The Morgan fingerprint density at radius 2 is 1.02 bits per heavy atom. The van der Waals surface area contributed by atoms with Gasteiger partial charge in [-0.05, 0) is 92.5 Å². The number of fused-ring (bicyclic) bond motifs is 6. The fourth-order valence-corrected chi connectivity index (χ4v) is 9.60. The van der Waals surface area contributed by atoms with Gasteiger partial charge in [-0.3, -0.25) is 0 Å². The van der Waals surface area contributed by atoms with Gasteiger partial charge in [-0.25, -0.2) is 0 Å². The minimum atomic E-state index is -0.124. The van der Waals surface area contributed by atoms with Gasteiger partial charge in [0.15, 0.2) is 0 Å². The molecule has 0 spiro atoms. The molecule has 8 aromatic carbocycles. The van der Waals surface area contributed by atoms with Crippen LogP contribution in [-0.4, -0.2) is 0 Å². The SMILES string of the molecule is CC1(C)c2ccc(N(c3ccc4c(c3)sc3ccccc34)c3ccc(-c4ccccc4)cc3-c3ccccc3)cc2-c2c(-c3ccccc3)cccc21. The van der Waals surface area contributed by atoms with Gasteiger partial charge in [0.05, 0.1) is 5.69 Å². The van der Waals surface area contributed by atoms with Crippen LogP contribution in [0.15, 0.2) is 188 Å². The monoisotopic (exact) mass is 695 g/mol. The van der Waals surface area contributed by atoms with E-state index >= 15 is 0 Å². The topological polar surface area (TPSA) is 3.24 Å². The van der Waals surface area contributed by atoms with Gasteiger partial charge in [0.25, 0.3) is 0 Å². The fourth-order valence-electron chi connectivity index (χ4n) is 8.46. The maximum Gasteiger partial charge on any atom is 0.0540 e. The van der Waals surface area contributed by atoms with Crippen molar-refractivity contribution in [1.82, 2.24) is 0 Å². The van der Waals surface area contributed by atoms with Crippen LogP contribution in [-0.2, 0) is 5.41 Å². The molecule has 1 heterocycles. The zero-order chi connectivity index (χ0) is 35.5. The summed E-state index contributed by atoms with van der Waals surface area (Å²) in [5.74, 6) is 0. The summed E-state index contributed by atoms with van der Waals surface area (Å²) in [5.41, 5.74) is 16.0. The van der Waals surface area contributed by atoms with Crippen molar-refractivity contribution in [2.45, 2.75) is 19.3 Å². The Morgan fingerprint density at radius 3 is 1.77 bits per heavy atom. The number of thiophene rings is 1. The van der Waals surface area contributed by atoms with E-state index in [9.17, 15) is 0 Å². The standard InChI is InChI=1S/C51H37NS/c1-51(2)45-29-27-38(32-44(45)50-40(22-14-23-46(50)51)35-17-8-4-9-18-35)52(39-26-28-42-41-21-12-13-24-48(41)53-49(42)33-39)47-30-25-37(34-15-6-3-7-16-34)31-43(47)36-19-10-5-11-20-36/h3-33H,1-2H3. The molecule has 0 radical (unpaired) electrons. The Labute approximate surface area is 315 Å². The molecular weight excluding hydrogens is 659 g/mol. The highest BCUT2D eigenvalue weighted by Crippen LogP contribution is 2.54. The molecule has 0 atom stereocenters. The lowest BCUT2D eigenvalue weighted by molar-refractivity contribution is 0.660. The average molecular weight is 696 g/mol. The summed E-state index contributed by atoms with van der Waals surface area (Å²) >= 11 is 1.87. The molecule has 0 bridgehead atoms. The molecule has 9 aromatic rings.